The van der Waals surface area contributed by atoms with Gasteiger partial charge in [-0.25, -0.2) is 0 Å². The predicted molar refractivity (Wildman–Crippen MR) is 67.7 cm³/mol. The van der Waals surface area contributed by atoms with Crippen LogP contribution in [0, 0.1) is 0 Å². The highest BCUT2D eigenvalue weighted by atomic mass is 32.1. The summed E-state index contributed by atoms with van der Waals surface area (Å²) in [6.07, 6.45) is 5.24. The maximum atomic E-state index is 3.43. The Morgan fingerprint density at radius 3 is 2.80 bits per heavy atom. The van der Waals surface area contributed by atoms with Crippen molar-refractivity contribution in [2.75, 3.05) is 7.05 Å². The Balaban J connectivity index is 2.25. The molecule has 1 fully saturated rings. The molecular formula is C13H21NS. The highest BCUT2D eigenvalue weighted by Crippen LogP contribution is 2.53. The Kier molecular flexibility index (Phi) is 3.17. The largest absolute Gasteiger partial charge is 0.316 e. The van der Waals surface area contributed by atoms with Gasteiger partial charge in [-0.2, -0.15) is 0 Å². The van der Waals surface area contributed by atoms with E-state index >= 15 is 0 Å². The Morgan fingerprint density at radius 2 is 2.27 bits per heavy atom. The van der Waals surface area contributed by atoms with E-state index in [1.54, 1.807) is 10.4 Å². The second kappa shape index (κ2) is 4.26. The van der Waals surface area contributed by atoms with Gasteiger partial charge in [-0.3, -0.25) is 0 Å². The van der Waals surface area contributed by atoms with Crippen LogP contribution in [-0.4, -0.2) is 13.1 Å². The van der Waals surface area contributed by atoms with Gasteiger partial charge in [0.25, 0.3) is 0 Å². The molecule has 0 aromatic carbocycles. The van der Waals surface area contributed by atoms with Crippen molar-refractivity contribution in [3.05, 3.63) is 21.9 Å². The van der Waals surface area contributed by atoms with E-state index < -0.39 is 0 Å². The summed E-state index contributed by atoms with van der Waals surface area (Å²) < 4.78 is 0. The average Bonchev–Trinajstić information content (AvgIpc) is 2.93. The second-order valence-electron chi connectivity index (χ2n) is 4.67. The molecule has 15 heavy (non-hydrogen) atoms. The standard InChI is InChI=1S/C13H21NS/c1-4-5-12-11(6-9-15-12)13(7-8-13)10(2)14-3/h6,9-10,14H,4-5,7-8H2,1-3H3/t10-/m1/s1. The normalized spacial score (nSPS) is 20.2. The lowest BCUT2D eigenvalue weighted by Gasteiger charge is -2.23. The minimum absolute atomic E-state index is 0.471. The van der Waals surface area contributed by atoms with Crippen molar-refractivity contribution < 1.29 is 0 Å². The first-order valence-corrected chi connectivity index (χ1v) is 6.86. The van der Waals surface area contributed by atoms with Crippen molar-refractivity contribution in [2.24, 2.45) is 0 Å². The predicted octanol–water partition coefficient (Wildman–Crippen LogP) is 3.34. The SMILES string of the molecule is CCCc1sccc1C1([C@@H](C)NC)CC1. The van der Waals surface area contributed by atoms with Gasteiger partial charge in [-0.15, -0.1) is 11.3 Å². The summed E-state index contributed by atoms with van der Waals surface area (Å²) in [5, 5.41) is 5.70. The minimum atomic E-state index is 0.471. The zero-order valence-electron chi connectivity index (χ0n) is 9.97. The molecule has 0 bridgehead atoms. The molecule has 0 spiro atoms. The summed E-state index contributed by atoms with van der Waals surface area (Å²) in [5.41, 5.74) is 2.11. The zero-order valence-corrected chi connectivity index (χ0v) is 10.8. The van der Waals surface area contributed by atoms with Crippen molar-refractivity contribution in [3.8, 4) is 0 Å². The Hall–Kier alpha value is -0.340. The first kappa shape index (κ1) is 11.2. The van der Waals surface area contributed by atoms with Crippen LogP contribution in [0.3, 0.4) is 0 Å². The lowest BCUT2D eigenvalue weighted by atomic mass is 9.88. The summed E-state index contributed by atoms with van der Waals surface area (Å²) >= 11 is 1.94. The zero-order chi connectivity index (χ0) is 10.9. The van der Waals surface area contributed by atoms with Gasteiger partial charge in [-0.05, 0) is 50.2 Å². The average molecular weight is 223 g/mol. The van der Waals surface area contributed by atoms with Gasteiger partial charge in [0.05, 0.1) is 0 Å². The fraction of sp³-hybridized carbons (Fsp3) is 0.692. The molecule has 84 valence electrons. The molecule has 2 heteroatoms. The molecule has 0 radical (unpaired) electrons. The Morgan fingerprint density at radius 1 is 1.53 bits per heavy atom. The number of hydrogen-bond donors (Lipinski definition) is 1. The van der Waals surface area contributed by atoms with Crippen LogP contribution in [0.2, 0.25) is 0 Å². The van der Waals surface area contributed by atoms with Gasteiger partial charge in [0.2, 0.25) is 0 Å². The highest BCUT2D eigenvalue weighted by Gasteiger charge is 2.49. The smallest absolute Gasteiger partial charge is 0.0133 e. The van der Waals surface area contributed by atoms with Crippen LogP contribution >= 0.6 is 11.3 Å². The maximum absolute atomic E-state index is 3.43. The number of aryl methyl sites for hydroxylation is 1. The molecule has 2 rings (SSSR count). The number of likely N-dealkylation sites (N-methyl/N-ethyl adjacent to an activating group) is 1. The van der Waals surface area contributed by atoms with Gasteiger partial charge in [-0.1, -0.05) is 13.3 Å². The van der Waals surface area contributed by atoms with Crippen LogP contribution in [-0.2, 0) is 11.8 Å². The molecule has 1 aromatic heterocycles. The Labute approximate surface area is 96.9 Å². The summed E-state index contributed by atoms with van der Waals surface area (Å²) in [7, 11) is 2.08. The number of nitrogens with one attached hydrogen (secondary N) is 1. The summed E-state index contributed by atoms with van der Waals surface area (Å²) in [6, 6.07) is 2.97. The maximum Gasteiger partial charge on any atom is 0.0133 e. The van der Waals surface area contributed by atoms with Crippen molar-refractivity contribution in [3.63, 3.8) is 0 Å². The molecule has 1 heterocycles. The molecule has 1 aliphatic rings. The molecule has 1 N–H and O–H groups in total. The van der Waals surface area contributed by atoms with E-state index in [4.69, 9.17) is 0 Å². The van der Waals surface area contributed by atoms with E-state index in [1.165, 1.54) is 25.7 Å². The summed E-state index contributed by atoms with van der Waals surface area (Å²) in [6.45, 7) is 4.59. The van der Waals surface area contributed by atoms with Crippen LogP contribution in [0.15, 0.2) is 11.4 Å². The summed E-state index contributed by atoms with van der Waals surface area (Å²) in [5.74, 6) is 0. The van der Waals surface area contributed by atoms with E-state index in [9.17, 15) is 0 Å². The van der Waals surface area contributed by atoms with E-state index in [0.29, 0.717) is 11.5 Å². The third-order valence-corrected chi connectivity index (χ3v) is 4.79. The molecule has 1 aromatic rings. The van der Waals surface area contributed by atoms with Gasteiger partial charge < -0.3 is 5.32 Å². The molecule has 1 atom stereocenters. The molecular weight excluding hydrogens is 202 g/mol. The monoisotopic (exact) mass is 223 g/mol. The molecule has 0 aliphatic heterocycles. The van der Waals surface area contributed by atoms with Crippen molar-refractivity contribution in [1.82, 2.24) is 5.32 Å². The van der Waals surface area contributed by atoms with E-state index in [2.05, 4.69) is 37.7 Å². The lowest BCUT2D eigenvalue weighted by molar-refractivity contribution is 0.478. The van der Waals surface area contributed by atoms with Crippen LogP contribution in [0.4, 0.5) is 0 Å². The molecule has 0 unspecified atom stereocenters. The molecule has 0 amide bonds. The van der Waals surface area contributed by atoms with Gasteiger partial charge in [0.15, 0.2) is 0 Å². The van der Waals surface area contributed by atoms with Crippen LogP contribution in [0.5, 0.6) is 0 Å². The summed E-state index contributed by atoms with van der Waals surface area (Å²) in [4.78, 5) is 1.62. The number of thiophene rings is 1. The van der Waals surface area contributed by atoms with Gasteiger partial charge >= 0.3 is 0 Å². The first-order valence-electron chi connectivity index (χ1n) is 5.98. The lowest BCUT2D eigenvalue weighted by Crippen LogP contribution is -2.35. The topological polar surface area (TPSA) is 12.0 Å². The van der Waals surface area contributed by atoms with Crippen molar-refractivity contribution in [1.29, 1.82) is 0 Å². The van der Waals surface area contributed by atoms with Crippen molar-refractivity contribution in [2.45, 2.75) is 51.0 Å². The van der Waals surface area contributed by atoms with Crippen LogP contribution in [0.1, 0.15) is 43.6 Å². The highest BCUT2D eigenvalue weighted by molar-refractivity contribution is 7.10. The molecule has 1 saturated carbocycles. The number of rotatable bonds is 5. The number of hydrogen-bond acceptors (Lipinski definition) is 2. The molecule has 1 aliphatic carbocycles. The fourth-order valence-corrected chi connectivity index (χ4v) is 3.64. The van der Waals surface area contributed by atoms with Gasteiger partial charge in [0.1, 0.15) is 0 Å². The van der Waals surface area contributed by atoms with Crippen LogP contribution < -0.4 is 5.32 Å². The van der Waals surface area contributed by atoms with Crippen molar-refractivity contribution >= 4 is 11.3 Å². The Bertz CT molecular complexity index is 325. The molecule has 0 saturated heterocycles. The quantitative estimate of drug-likeness (QED) is 0.807. The first-order chi connectivity index (χ1) is 7.24. The van der Waals surface area contributed by atoms with Crippen LogP contribution in [0.25, 0.3) is 0 Å². The van der Waals surface area contributed by atoms with E-state index in [0.717, 1.165) is 0 Å². The molecule has 1 nitrogen and oxygen atoms in total. The third kappa shape index (κ3) is 1.85. The van der Waals surface area contributed by atoms with Gasteiger partial charge in [0, 0.05) is 16.3 Å². The van der Waals surface area contributed by atoms with E-state index in [1.807, 2.05) is 11.3 Å². The van der Waals surface area contributed by atoms with E-state index in [-0.39, 0.29) is 0 Å². The minimum Gasteiger partial charge on any atom is -0.316 e. The second-order valence-corrected chi connectivity index (χ2v) is 5.67. The fourth-order valence-electron chi connectivity index (χ4n) is 2.55. The third-order valence-electron chi connectivity index (χ3n) is 3.81.